The van der Waals surface area contributed by atoms with E-state index < -0.39 is 0 Å². The van der Waals surface area contributed by atoms with Crippen LogP contribution in [0.3, 0.4) is 0 Å². The first kappa shape index (κ1) is 12.3. The first-order chi connectivity index (χ1) is 7.25. The van der Waals surface area contributed by atoms with Gasteiger partial charge in [0.25, 0.3) is 0 Å². The van der Waals surface area contributed by atoms with Gasteiger partial charge in [-0.15, -0.1) is 0 Å². The molecular formula is C13H23NO. The Balaban J connectivity index is 2.19. The van der Waals surface area contributed by atoms with Crippen molar-refractivity contribution in [1.82, 2.24) is 0 Å². The maximum absolute atomic E-state index is 6.06. The number of rotatable bonds is 7. The average molecular weight is 209 g/mol. The minimum absolute atomic E-state index is 0.0848. The topological polar surface area (TPSA) is 39.2 Å². The van der Waals surface area contributed by atoms with E-state index in [0.717, 1.165) is 12.2 Å². The Kier molecular flexibility index (Phi) is 5.48. The van der Waals surface area contributed by atoms with Crippen molar-refractivity contribution in [2.75, 3.05) is 0 Å². The summed E-state index contributed by atoms with van der Waals surface area (Å²) in [6, 6.07) is 2.06. The summed E-state index contributed by atoms with van der Waals surface area (Å²) in [4.78, 5) is 0. The van der Waals surface area contributed by atoms with E-state index >= 15 is 0 Å². The zero-order chi connectivity index (χ0) is 11.1. The Morgan fingerprint density at radius 3 is 2.60 bits per heavy atom. The fraction of sp³-hybridized carbons (Fsp3) is 0.692. The van der Waals surface area contributed by atoms with E-state index in [9.17, 15) is 0 Å². The number of furan rings is 1. The van der Waals surface area contributed by atoms with E-state index in [4.69, 9.17) is 10.2 Å². The zero-order valence-electron chi connectivity index (χ0n) is 9.96. The minimum atomic E-state index is 0.0848. The molecule has 0 aromatic carbocycles. The van der Waals surface area contributed by atoms with Crippen LogP contribution in [0.2, 0.25) is 0 Å². The maximum Gasteiger partial charge on any atom is 0.123 e. The summed E-state index contributed by atoms with van der Waals surface area (Å²) in [5.41, 5.74) is 7.24. The van der Waals surface area contributed by atoms with Crippen molar-refractivity contribution in [2.45, 2.75) is 58.4 Å². The van der Waals surface area contributed by atoms with Crippen molar-refractivity contribution >= 4 is 0 Å². The molecule has 15 heavy (non-hydrogen) atoms. The SMILES string of the molecule is CCCCCCCC(N)c1occc1C. The monoisotopic (exact) mass is 209 g/mol. The molecule has 2 N–H and O–H groups in total. The number of nitrogens with two attached hydrogens (primary N) is 1. The highest BCUT2D eigenvalue weighted by molar-refractivity contribution is 5.17. The smallest absolute Gasteiger partial charge is 0.123 e. The van der Waals surface area contributed by atoms with Gasteiger partial charge in [0.15, 0.2) is 0 Å². The van der Waals surface area contributed by atoms with Crippen LogP contribution in [0.1, 0.15) is 62.8 Å². The molecule has 0 amide bonds. The molecule has 2 nitrogen and oxygen atoms in total. The summed E-state index contributed by atoms with van der Waals surface area (Å²) >= 11 is 0. The maximum atomic E-state index is 6.06. The molecule has 1 atom stereocenters. The molecule has 1 rings (SSSR count). The van der Waals surface area contributed by atoms with Crippen molar-refractivity contribution in [1.29, 1.82) is 0 Å². The summed E-state index contributed by atoms with van der Waals surface area (Å²) in [7, 11) is 0. The van der Waals surface area contributed by atoms with Gasteiger partial charge in [-0.3, -0.25) is 0 Å². The zero-order valence-corrected chi connectivity index (χ0v) is 9.96. The summed E-state index contributed by atoms with van der Waals surface area (Å²) in [5.74, 6) is 0.963. The van der Waals surface area contributed by atoms with Gasteiger partial charge in [0.05, 0.1) is 12.3 Å². The van der Waals surface area contributed by atoms with Crippen LogP contribution >= 0.6 is 0 Å². The van der Waals surface area contributed by atoms with E-state index in [1.165, 1.54) is 37.7 Å². The van der Waals surface area contributed by atoms with Crippen LogP contribution in [0.5, 0.6) is 0 Å². The summed E-state index contributed by atoms with van der Waals surface area (Å²) in [5, 5.41) is 0. The fourth-order valence-corrected chi connectivity index (χ4v) is 1.86. The van der Waals surface area contributed by atoms with Gasteiger partial charge in [-0.1, -0.05) is 39.0 Å². The third kappa shape index (κ3) is 4.08. The van der Waals surface area contributed by atoms with Gasteiger partial charge in [0, 0.05) is 0 Å². The van der Waals surface area contributed by atoms with Crippen LogP contribution < -0.4 is 5.73 Å². The highest BCUT2D eigenvalue weighted by atomic mass is 16.3. The Labute approximate surface area is 92.9 Å². The number of hydrogen-bond acceptors (Lipinski definition) is 2. The van der Waals surface area contributed by atoms with E-state index in [-0.39, 0.29) is 6.04 Å². The van der Waals surface area contributed by atoms with Crippen molar-refractivity contribution in [3.05, 3.63) is 23.7 Å². The summed E-state index contributed by atoms with van der Waals surface area (Å²) < 4.78 is 5.38. The van der Waals surface area contributed by atoms with Crippen molar-refractivity contribution in [3.8, 4) is 0 Å². The van der Waals surface area contributed by atoms with E-state index in [1.54, 1.807) is 6.26 Å². The molecule has 1 aromatic rings. The lowest BCUT2D eigenvalue weighted by Crippen LogP contribution is -2.10. The Morgan fingerprint density at radius 2 is 2.00 bits per heavy atom. The second-order valence-electron chi connectivity index (χ2n) is 4.28. The van der Waals surface area contributed by atoms with Crippen LogP contribution in [0.4, 0.5) is 0 Å². The van der Waals surface area contributed by atoms with Gasteiger partial charge in [-0.25, -0.2) is 0 Å². The molecule has 1 heterocycles. The largest absolute Gasteiger partial charge is 0.467 e. The van der Waals surface area contributed by atoms with Crippen LogP contribution in [0.15, 0.2) is 16.7 Å². The van der Waals surface area contributed by atoms with Crippen LogP contribution in [-0.2, 0) is 0 Å². The van der Waals surface area contributed by atoms with Crippen molar-refractivity contribution < 1.29 is 4.42 Å². The fourth-order valence-electron chi connectivity index (χ4n) is 1.86. The van der Waals surface area contributed by atoms with Crippen LogP contribution in [0, 0.1) is 6.92 Å². The normalized spacial score (nSPS) is 13.0. The highest BCUT2D eigenvalue weighted by Gasteiger charge is 2.11. The number of aryl methyl sites for hydroxylation is 1. The average Bonchev–Trinajstić information content (AvgIpc) is 2.64. The molecule has 1 unspecified atom stereocenters. The molecule has 86 valence electrons. The summed E-state index contributed by atoms with van der Waals surface area (Å²) in [6.45, 7) is 4.29. The molecule has 0 fully saturated rings. The molecule has 0 saturated carbocycles. The molecule has 0 aliphatic carbocycles. The van der Waals surface area contributed by atoms with E-state index in [1.807, 2.05) is 6.07 Å². The minimum Gasteiger partial charge on any atom is -0.467 e. The molecule has 2 heteroatoms. The third-order valence-electron chi connectivity index (χ3n) is 2.86. The van der Waals surface area contributed by atoms with Gasteiger partial charge in [-0.05, 0) is 25.0 Å². The summed E-state index contributed by atoms with van der Waals surface area (Å²) in [6.07, 6.45) is 9.24. The van der Waals surface area contributed by atoms with Gasteiger partial charge in [0.2, 0.25) is 0 Å². The Bertz CT molecular complexity index is 267. The lowest BCUT2D eigenvalue weighted by atomic mass is 10.0. The second kappa shape index (κ2) is 6.67. The lowest BCUT2D eigenvalue weighted by Gasteiger charge is -2.09. The molecule has 0 bridgehead atoms. The Hall–Kier alpha value is -0.760. The van der Waals surface area contributed by atoms with Gasteiger partial charge in [-0.2, -0.15) is 0 Å². The van der Waals surface area contributed by atoms with Crippen LogP contribution in [0.25, 0.3) is 0 Å². The molecule has 0 aliphatic heterocycles. The first-order valence-corrected chi connectivity index (χ1v) is 6.05. The standard InChI is InChI=1S/C13H23NO/c1-3-4-5-6-7-8-12(14)13-11(2)9-10-15-13/h9-10,12H,3-8,14H2,1-2H3. The first-order valence-electron chi connectivity index (χ1n) is 6.05. The molecule has 0 spiro atoms. The molecular weight excluding hydrogens is 186 g/mol. The molecule has 0 aliphatic rings. The van der Waals surface area contributed by atoms with E-state index in [2.05, 4.69) is 13.8 Å². The molecule has 0 saturated heterocycles. The van der Waals surface area contributed by atoms with Crippen LogP contribution in [-0.4, -0.2) is 0 Å². The lowest BCUT2D eigenvalue weighted by molar-refractivity contribution is 0.436. The van der Waals surface area contributed by atoms with Gasteiger partial charge < -0.3 is 10.2 Å². The van der Waals surface area contributed by atoms with Gasteiger partial charge in [0.1, 0.15) is 5.76 Å². The second-order valence-corrected chi connectivity index (χ2v) is 4.28. The number of unbranched alkanes of at least 4 members (excludes halogenated alkanes) is 4. The predicted molar refractivity (Wildman–Crippen MR) is 63.7 cm³/mol. The number of hydrogen-bond donors (Lipinski definition) is 1. The third-order valence-corrected chi connectivity index (χ3v) is 2.86. The van der Waals surface area contributed by atoms with Crippen molar-refractivity contribution in [2.24, 2.45) is 5.73 Å². The molecule has 1 aromatic heterocycles. The van der Waals surface area contributed by atoms with E-state index in [0.29, 0.717) is 0 Å². The highest BCUT2D eigenvalue weighted by Crippen LogP contribution is 2.21. The molecule has 0 radical (unpaired) electrons. The Morgan fingerprint density at radius 1 is 1.27 bits per heavy atom. The van der Waals surface area contributed by atoms with Crippen molar-refractivity contribution in [3.63, 3.8) is 0 Å². The quantitative estimate of drug-likeness (QED) is 0.691. The predicted octanol–water partition coefficient (Wildman–Crippen LogP) is 3.95. The van der Waals surface area contributed by atoms with Gasteiger partial charge >= 0.3 is 0 Å².